The molecule has 1 N–H and O–H groups in total. The molecule has 23 heavy (non-hydrogen) atoms. The van der Waals surface area contributed by atoms with Crippen molar-refractivity contribution in [3.63, 3.8) is 0 Å². The van der Waals surface area contributed by atoms with Gasteiger partial charge in [0, 0.05) is 16.4 Å². The molecule has 0 radical (unpaired) electrons. The van der Waals surface area contributed by atoms with Crippen molar-refractivity contribution < 1.29 is 4.79 Å². The molecule has 1 amide bonds. The highest BCUT2D eigenvalue weighted by molar-refractivity contribution is 9.10. The first-order chi connectivity index (χ1) is 11.1. The van der Waals surface area contributed by atoms with E-state index in [2.05, 4.69) is 33.2 Å². The van der Waals surface area contributed by atoms with Gasteiger partial charge in [0.15, 0.2) is 0 Å². The molecule has 0 aliphatic heterocycles. The van der Waals surface area contributed by atoms with Crippen molar-refractivity contribution in [2.24, 2.45) is 0 Å². The summed E-state index contributed by atoms with van der Waals surface area (Å²) in [5.74, 6) is -0.136. The van der Waals surface area contributed by atoms with Gasteiger partial charge in [-0.25, -0.2) is 4.98 Å². The Hall–Kier alpha value is -2.14. The summed E-state index contributed by atoms with van der Waals surface area (Å²) in [5.41, 5.74) is 4.15. The Morgan fingerprint density at radius 2 is 2.13 bits per heavy atom. The van der Waals surface area contributed by atoms with Gasteiger partial charge in [0.1, 0.15) is 11.3 Å². The van der Waals surface area contributed by atoms with Crippen LogP contribution in [0.2, 0.25) is 0 Å². The fourth-order valence-corrected chi connectivity index (χ4v) is 3.00. The van der Waals surface area contributed by atoms with Crippen LogP contribution < -0.4 is 5.32 Å². The molecule has 0 unspecified atom stereocenters. The third kappa shape index (κ3) is 3.29. The minimum Gasteiger partial charge on any atom is -0.321 e. The zero-order chi connectivity index (χ0) is 16.4. The van der Waals surface area contributed by atoms with Gasteiger partial charge in [0.25, 0.3) is 5.91 Å². The molecule has 4 nitrogen and oxygen atoms in total. The van der Waals surface area contributed by atoms with Gasteiger partial charge in [-0.2, -0.15) is 0 Å². The monoisotopic (exact) mass is 371 g/mol. The number of rotatable bonds is 4. The zero-order valence-corrected chi connectivity index (χ0v) is 14.7. The van der Waals surface area contributed by atoms with E-state index in [1.807, 2.05) is 53.9 Å². The molecule has 0 aliphatic carbocycles. The molecule has 0 aliphatic rings. The molecule has 118 valence electrons. The molecule has 3 aromatic rings. The van der Waals surface area contributed by atoms with Crippen LogP contribution in [0.5, 0.6) is 0 Å². The Kier molecular flexibility index (Phi) is 4.48. The minimum atomic E-state index is -0.136. The lowest BCUT2D eigenvalue weighted by molar-refractivity contribution is 0.102. The van der Waals surface area contributed by atoms with Crippen LogP contribution in [0.3, 0.4) is 0 Å². The number of carbonyl (C=O) groups excluding carboxylic acids is 1. The predicted octanol–water partition coefficient (Wildman–Crippen LogP) is 4.61. The highest BCUT2D eigenvalue weighted by Crippen LogP contribution is 2.20. The summed E-state index contributed by atoms with van der Waals surface area (Å²) in [6.45, 7) is 4.11. The first-order valence-electron chi connectivity index (χ1n) is 7.63. The highest BCUT2D eigenvalue weighted by Gasteiger charge is 2.19. The lowest BCUT2D eigenvalue weighted by atomic mass is 10.2. The molecular weight excluding hydrogens is 354 g/mol. The fourth-order valence-electron chi connectivity index (χ4n) is 2.60. The number of fused-ring (bicyclic) bond motifs is 1. The lowest BCUT2D eigenvalue weighted by Crippen LogP contribution is -2.16. The van der Waals surface area contributed by atoms with Gasteiger partial charge in [0.2, 0.25) is 0 Å². The van der Waals surface area contributed by atoms with E-state index >= 15 is 0 Å². The number of nitrogens with one attached hydrogen (secondary N) is 1. The number of carbonyl (C=O) groups is 1. The average molecular weight is 372 g/mol. The maximum absolute atomic E-state index is 12.8. The summed E-state index contributed by atoms with van der Waals surface area (Å²) >= 11 is 3.42. The van der Waals surface area contributed by atoms with E-state index in [9.17, 15) is 4.79 Å². The van der Waals surface area contributed by atoms with Crippen molar-refractivity contribution in [3.05, 3.63) is 64.0 Å². The van der Waals surface area contributed by atoms with Crippen LogP contribution in [-0.2, 0) is 6.42 Å². The van der Waals surface area contributed by atoms with Crippen LogP contribution in [0.25, 0.3) is 5.65 Å². The highest BCUT2D eigenvalue weighted by atomic mass is 79.9. The number of nitrogens with zero attached hydrogens (tertiary/aromatic N) is 2. The molecule has 0 spiro atoms. The van der Waals surface area contributed by atoms with Gasteiger partial charge in [-0.3, -0.25) is 9.20 Å². The summed E-state index contributed by atoms with van der Waals surface area (Å²) in [6.07, 6.45) is 3.63. The van der Waals surface area contributed by atoms with Gasteiger partial charge < -0.3 is 5.32 Å². The van der Waals surface area contributed by atoms with E-state index in [0.29, 0.717) is 5.69 Å². The molecule has 0 bridgehead atoms. The van der Waals surface area contributed by atoms with Crippen molar-refractivity contribution >= 4 is 33.2 Å². The molecule has 0 atom stereocenters. The molecular formula is C18H18BrN3O. The summed E-state index contributed by atoms with van der Waals surface area (Å²) in [7, 11) is 0. The number of amides is 1. The molecule has 2 aromatic heterocycles. The Morgan fingerprint density at radius 3 is 2.87 bits per heavy atom. The van der Waals surface area contributed by atoms with Crippen molar-refractivity contribution in [2.75, 3.05) is 5.32 Å². The van der Waals surface area contributed by atoms with E-state index < -0.39 is 0 Å². The van der Waals surface area contributed by atoms with Crippen LogP contribution >= 0.6 is 15.9 Å². The molecule has 5 heteroatoms. The molecule has 2 heterocycles. The molecule has 0 fully saturated rings. The normalized spacial score (nSPS) is 10.9. The topological polar surface area (TPSA) is 46.4 Å². The Labute approximate surface area is 143 Å². The smallest absolute Gasteiger partial charge is 0.274 e. The second kappa shape index (κ2) is 6.54. The first kappa shape index (κ1) is 15.7. The number of anilines is 1. The molecule has 3 rings (SSSR count). The number of hydrogen-bond acceptors (Lipinski definition) is 2. The van der Waals surface area contributed by atoms with E-state index in [4.69, 9.17) is 0 Å². The molecule has 0 saturated carbocycles. The summed E-state index contributed by atoms with van der Waals surface area (Å²) in [5, 5.41) is 2.96. The van der Waals surface area contributed by atoms with Crippen LogP contribution in [-0.4, -0.2) is 15.3 Å². The van der Waals surface area contributed by atoms with E-state index in [0.717, 1.165) is 39.9 Å². The van der Waals surface area contributed by atoms with Gasteiger partial charge in [-0.1, -0.05) is 35.3 Å². The third-order valence-electron chi connectivity index (χ3n) is 3.64. The van der Waals surface area contributed by atoms with Crippen LogP contribution in [0, 0.1) is 6.92 Å². The minimum absolute atomic E-state index is 0.136. The number of aryl methyl sites for hydroxylation is 2. The van der Waals surface area contributed by atoms with Crippen LogP contribution in [0.1, 0.15) is 35.1 Å². The van der Waals surface area contributed by atoms with Crippen LogP contribution in [0.15, 0.2) is 47.1 Å². The lowest BCUT2D eigenvalue weighted by Gasteiger charge is -2.07. The number of pyridine rings is 1. The number of halogens is 1. The zero-order valence-electron chi connectivity index (χ0n) is 13.1. The van der Waals surface area contributed by atoms with E-state index in [1.165, 1.54) is 0 Å². The third-order valence-corrected chi connectivity index (χ3v) is 4.13. The van der Waals surface area contributed by atoms with Gasteiger partial charge in [-0.15, -0.1) is 0 Å². The van der Waals surface area contributed by atoms with Gasteiger partial charge in [0.05, 0.1) is 5.69 Å². The van der Waals surface area contributed by atoms with E-state index in [-0.39, 0.29) is 5.91 Å². The standard InChI is InChI=1S/C18H18BrN3O/c1-3-5-15-17(22-9-8-12(2)10-16(22)21-15)18(23)20-14-7-4-6-13(19)11-14/h4,6-11H,3,5H2,1-2H3,(H,20,23). The van der Waals surface area contributed by atoms with Crippen LogP contribution in [0.4, 0.5) is 5.69 Å². The number of imidazole rings is 1. The maximum Gasteiger partial charge on any atom is 0.274 e. The SMILES string of the molecule is CCCc1nc2cc(C)ccn2c1C(=O)Nc1cccc(Br)c1. The van der Waals surface area contributed by atoms with Gasteiger partial charge >= 0.3 is 0 Å². The number of benzene rings is 1. The Balaban J connectivity index is 2.02. The second-order valence-electron chi connectivity index (χ2n) is 5.55. The quantitative estimate of drug-likeness (QED) is 0.727. The summed E-state index contributed by atoms with van der Waals surface area (Å²) < 4.78 is 2.79. The van der Waals surface area contributed by atoms with Crippen molar-refractivity contribution in [3.8, 4) is 0 Å². The molecule has 0 saturated heterocycles. The predicted molar refractivity (Wildman–Crippen MR) is 96.0 cm³/mol. The number of hydrogen-bond donors (Lipinski definition) is 1. The number of aromatic nitrogens is 2. The average Bonchev–Trinajstić information content (AvgIpc) is 2.84. The van der Waals surface area contributed by atoms with Gasteiger partial charge in [-0.05, 0) is 49.2 Å². The Bertz CT molecular complexity index is 870. The van der Waals surface area contributed by atoms with E-state index in [1.54, 1.807) is 0 Å². The maximum atomic E-state index is 12.8. The fraction of sp³-hybridized carbons (Fsp3) is 0.222. The summed E-state index contributed by atoms with van der Waals surface area (Å²) in [6, 6.07) is 11.6. The summed E-state index contributed by atoms with van der Waals surface area (Å²) in [4.78, 5) is 17.4. The Morgan fingerprint density at radius 1 is 1.30 bits per heavy atom. The molecule has 1 aromatic carbocycles. The van der Waals surface area contributed by atoms with Crippen molar-refractivity contribution in [2.45, 2.75) is 26.7 Å². The second-order valence-corrected chi connectivity index (χ2v) is 6.47. The van der Waals surface area contributed by atoms with Crippen molar-refractivity contribution in [1.82, 2.24) is 9.38 Å². The first-order valence-corrected chi connectivity index (χ1v) is 8.42. The van der Waals surface area contributed by atoms with Crippen molar-refractivity contribution in [1.29, 1.82) is 0 Å². The largest absolute Gasteiger partial charge is 0.321 e.